The molecule has 1 fully saturated rings. The van der Waals surface area contributed by atoms with E-state index < -0.39 is 23.8 Å². The van der Waals surface area contributed by atoms with Crippen LogP contribution in [0.1, 0.15) is 18.9 Å². The first-order chi connectivity index (χ1) is 14.3. The molecule has 1 aliphatic rings. The molecule has 0 unspecified atom stereocenters. The van der Waals surface area contributed by atoms with E-state index >= 15 is 0 Å². The fourth-order valence-corrected chi connectivity index (χ4v) is 3.08. The first kappa shape index (κ1) is 21.3. The number of rotatable bonds is 5. The third-order valence-corrected chi connectivity index (χ3v) is 4.71. The van der Waals surface area contributed by atoms with Gasteiger partial charge in [-0.05, 0) is 48.5 Å². The second-order valence-corrected chi connectivity index (χ2v) is 7.08. The van der Waals surface area contributed by atoms with E-state index in [-0.39, 0.29) is 23.4 Å². The van der Waals surface area contributed by atoms with Gasteiger partial charge in [0.1, 0.15) is 17.1 Å². The Kier molecular flexibility index (Phi) is 6.31. The number of esters is 1. The lowest BCUT2D eigenvalue weighted by Crippen LogP contribution is -2.54. The summed E-state index contributed by atoms with van der Waals surface area (Å²) in [6, 6.07) is 10.2. The van der Waals surface area contributed by atoms with Crippen molar-refractivity contribution in [1.29, 1.82) is 0 Å². The number of benzene rings is 2. The summed E-state index contributed by atoms with van der Waals surface area (Å²) >= 11 is 3.31. The summed E-state index contributed by atoms with van der Waals surface area (Å²) in [5.74, 6) is -1.38. The number of carbonyl (C=O) groups is 4. The molecule has 3 rings (SSSR count). The summed E-state index contributed by atoms with van der Waals surface area (Å²) in [7, 11) is 1.49. The van der Waals surface area contributed by atoms with Crippen LogP contribution in [0.15, 0.2) is 52.5 Å². The zero-order valence-corrected chi connectivity index (χ0v) is 17.7. The third-order valence-electron chi connectivity index (χ3n) is 4.22. The van der Waals surface area contributed by atoms with E-state index in [1.165, 1.54) is 25.3 Å². The summed E-state index contributed by atoms with van der Waals surface area (Å²) in [4.78, 5) is 50.3. The Labute approximate surface area is 180 Å². The molecule has 0 atom stereocenters. The van der Waals surface area contributed by atoms with Gasteiger partial charge < -0.3 is 9.47 Å². The molecule has 0 aromatic heterocycles. The zero-order chi connectivity index (χ0) is 21.8. The average molecular weight is 473 g/mol. The Morgan fingerprint density at radius 1 is 1.13 bits per heavy atom. The molecule has 0 bridgehead atoms. The predicted molar refractivity (Wildman–Crippen MR) is 112 cm³/mol. The van der Waals surface area contributed by atoms with Gasteiger partial charge in [-0.3, -0.25) is 19.7 Å². The maximum absolute atomic E-state index is 13.0. The molecule has 9 heteroatoms. The molecule has 1 aliphatic heterocycles. The van der Waals surface area contributed by atoms with Gasteiger partial charge in [0.05, 0.1) is 12.8 Å². The van der Waals surface area contributed by atoms with Crippen molar-refractivity contribution in [3.63, 3.8) is 0 Å². The Morgan fingerprint density at radius 2 is 1.83 bits per heavy atom. The topological polar surface area (TPSA) is 102 Å². The molecular weight excluding hydrogens is 456 g/mol. The Bertz CT molecular complexity index is 1060. The molecule has 4 amide bonds. The number of hydrogen-bond acceptors (Lipinski definition) is 6. The van der Waals surface area contributed by atoms with Crippen LogP contribution in [0, 0.1) is 0 Å². The van der Waals surface area contributed by atoms with Crippen molar-refractivity contribution in [2.45, 2.75) is 13.3 Å². The van der Waals surface area contributed by atoms with Crippen LogP contribution < -0.4 is 19.7 Å². The Balaban J connectivity index is 2.02. The van der Waals surface area contributed by atoms with Crippen molar-refractivity contribution in [1.82, 2.24) is 5.32 Å². The van der Waals surface area contributed by atoms with Gasteiger partial charge in [-0.25, -0.2) is 9.69 Å². The lowest BCUT2D eigenvalue weighted by Gasteiger charge is -2.26. The number of carbonyl (C=O) groups excluding carboxylic acids is 4. The average Bonchev–Trinajstić information content (AvgIpc) is 2.73. The van der Waals surface area contributed by atoms with Crippen LogP contribution in [-0.4, -0.2) is 30.9 Å². The number of methoxy groups -OCH3 is 1. The molecular formula is C21H17BrN2O6. The number of amides is 4. The lowest BCUT2D eigenvalue weighted by atomic mass is 10.1. The van der Waals surface area contributed by atoms with E-state index in [9.17, 15) is 19.2 Å². The molecule has 0 radical (unpaired) electrons. The molecule has 2 aromatic rings. The van der Waals surface area contributed by atoms with E-state index in [1.54, 1.807) is 37.3 Å². The molecule has 8 nitrogen and oxygen atoms in total. The fraction of sp³-hybridized carbons (Fsp3) is 0.143. The van der Waals surface area contributed by atoms with Crippen LogP contribution in [-0.2, 0) is 14.4 Å². The summed E-state index contributed by atoms with van der Waals surface area (Å²) < 4.78 is 11.0. The maximum atomic E-state index is 13.0. The standard InChI is InChI=1S/C21H17BrN2O6/c1-3-18(25)30-17-9-4-13(22)10-12(17)11-16-19(26)23-21(28)24(20(16)27)14-5-7-15(29-2)8-6-14/h4-11H,3H2,1-2H3,(H,23,26,28)/b16-11-. The molecule has 0 spiro atoms. The zero-order valence-electron chi connectivity index (χ0n) is 16.1. The van der Waals surface area contributed by atoms with Crippen molar-refractivity contribution in [3.05, 3.63) is 58.1 Å². The number of urea groups is 1. The van der Waals surface area contributed by atoms with Crippen molar-refractivity contribution in [2.75, 3.05) is 12.0 Å². The largest absolute Gasteiger partial charge is 0.497 e. The van der Waals surface area contributed by atoms with Crippen LogP contribution in [0.4, 0.5) is 10.5 Å². The summed E-state index contributed by atoms with van der Waals surface area (Å²) in [5, 5.41) is 2.15. The SMILES string of the molecule is CCC(=O)Oc1ccc(Br)cc1/C=C1/C(=O)NC(=O)N(c2ccc(OC)cc2)C1=O. The number of barbiturate groups is 1. The molecule has 0 saturated carbocycles. The quantitative estimate of drug-likeness (QED) is 0.309. The number of halogens is 1. The molecule has 1 N–H and O–H groups in total. The lowest BCUT2D eigenvalue weighted by molar-refractivity contribution is -0.134. The van der Waals surface area contributed by atoms with Crippen LogP contribution in [0.2, 0.25) is 0 Å². The van der Waals surface area contributed by atoms with E-state index in [0.29, 0.717) is 15.8 Å². The monoisotopic (exact) mass is 472 g/mol. The molecule has 2 aromatic carbocycles. The predicted octanol–water partition coefficient (Wildman–Crippen LogP) is 3.44. The molecule has 0 aliphatic carbocycles. The second kappa shape index (κ2) is 8.91. The normalized spacial score (nSPS) is 15.2. The molecule has 1 heterocycles. The van der Waals surface area contributed by atoms with Gasteiger partial charge >= 0.3 is 12.0 Å². The maximum Gasteiger partial charge on any atom is 0.335 e. The van der Waals surface area contributed by atoms with Crippen molar-refractivity contribution in [2.24, 2.45) is 0 Å². The first-order valence-corrected chi connectivity index (χ1v) is 9.69. The summed E-state index contributed by atoms with van der Waals surface area (Å²) in [6.07, 6.45) is 1.44. The van der Waals surface area contributed by atoms with E-state index in [2.05, 4.69) is 21.2 Å². The highest BCUT2D eigenvalue weighted by Crippen LogP contribution is 2.29. The molecule has 1 saturated heterocycles. The minimum absolute atomic E-state index is 0.158. The third kappa shape index (κ3) is 4.41. The van der Waals surface area contributed by atoms with Crippen LogP contribution in [0.25, 0.3) is 6.08 Å². The van der Waals surface area contributed by atoms with Gasteiger partial charge in [0.15, 0.2) is 0 Å². The summed E-state index contributed by atoms with van der Waals surface area (Å²) in [6.45, 7) is 1.65. The highest BCUT2D eigenvalue weighted by molar-refractivity contribution is 9.10. The number of hydrogen-bond donors (Lipinski definition) is 1. The van der Waals surface area contributed by atoms with E-state index in [4.69, 9.17) is 9.47 Å². The molecule has 30 heavy (non-hydrogen) atoms. The first-order valence-electron chi connectivity index (χ1n) is 8.89. The molecule has 154 valence electrons. The minimum atomic E-state index is -0.862. The Hall–Kier alpha value is -3.46. The van der Waals surface area contributed by atoms with Crippen molar-refractivity contribution < 1.29 is 28.7 Å². The Morgan fingerprint density at radius 3 is 2.47 bits per heavy atom. The number of nitrogens with one attached hydrogen (secondary N) is 1. The van der Waals surface area contributed by atoms with Gasteiger partial charge in [-0.2, -0.15) is 0 Å². The number of nitrogens with zero attached hydrogens (tertiary/aromatic N) is 1. The second-order valence-electron chi connectivity index (χ2n) is 6.17. The summed E-state index contributed by atoms with van der Waals surface area (Å²) in [5.41, 5.74) is 0.314. The minimum Gasteiger partial charge on any atom is -0.497 e. The van der Waals surface area contributed by atoms with Crippen molar-refractivity contribution in [3.8, 4) is 11.5 Å². The van der Waals surface area contributed by atoms with Gasteiger partial charge in [0.25, 0.3) is 11.8 Å². The van der Waals surface area contributed by atoms with Gasteiger partial charge in [-0.15, -0.1) is 0 Å². The van der Waals surface area contributed by atoms with Gasteiger partial charge in [0, 0.05) is 16.5 Å². The van der Waals surface area contributed by atoms with Crippen LogP contribution in [0.5, 0.6) is 11.5 Å². The number of anilines is 1. The highest BCUT2D eigenvalue weighted by atomic mass is 79.9. The number of imide groups is 2. The van der Waals surface area contributed by atoms with Crippen LogP contribution in [0.3, 0.4) is 0 Å². The highest BCUT2D eigenvalue weighted by Gasteiger charge is 2.37. The van der Waals surface area contributed by atoms with E-state index in [1.807, 2.05) is 0 Å². The fourth-order valence-electron chi connectivity index (χ4n) is 2.70. The van der Waals surface area contributed by atoms with Gasteiger partial charge in [-0.1, -0.05) is 22.9 Å². The van der Waals surface area contributed by atoms with Crippen LogP contribution >= 0.6 is 15.9 Å². The number of ether oxygens (including phenoxy) is 2. The van der Waals surface area contributed by atoms with Gasteiger partial charge in [0.2, 0.25) is 0 Å². The van der Waals surface area contributed by atoms with E-state index in [0.717, 1.165) is 4.90 Å². The van der Waals surface area contributed by atoms with Crippen molar-refractivity contribution >= 4 is 51.5 Å². The smallest absolute Gasteiger partial charge is 0.335 e.